The number of hydrogen-bond acceptors (Lipinski definition) is 3. The Morgan fingerprint density at radius 1 is 0.814 bits per heavy atom. The van der Waals surface area contributed by atoms with Gasteiger partial charge in [0.15, 0.2) is 0 Å². The van der Waals surface area contributed by atoms with Gasteiger partial charge in [0.05, 0.1) is 17.5 Å². The number of imidazole rings is 1. The summed E-state index contributed by atoms with van der Waals surface area (Å²) < 4.78 is 2.57. The molecule has 5 nitrogen and oxygen atoms in total. The first-order valence-electron chi connectivity index (χ1n) is 15.1. The highest BCUT2D eigenvalue weighted by atomic mass is 35.5. The van der Waals surface area contributed by atoms with Crippen LogP contribution in [-0.2, 0) is 11.2 Å². The average molecular weight is 610 g/mol. The molecule has 1 aromatic heterocycles. The molecule has 1 aliphatic heterocycles. The van der Waals surface area contributed by atoms with Crippen molar-refractivity contribution in [2.45, 2.75) is 50.0 Å². The predicted molar refractivity (Wildman–Crippen MR) is 175 cm³/mol. The van der Waals surface area contributed by atoms with E-state index in [2.05, 4.69) is 64.1 Å². The minimum absolute atomic E-state index is 0.0428. The Bertz CT molecular complexity index is 1720. The number of anilines is 1. The number of rotatable bonds is 8. The molecule has 2 fully saturated rings. The van der Waals surface area contributed by atoms with Crippen molar-refractivity contribution in [3.05, 3.63) is 129 Å². The largest absolute Gasteiger partial charge is 0.371 e. The Morgan fingerprint density at radius 2 is 1.44 bits per heavy atom. The van der Waals surface area contributed by atoms with Crippen molar-refractivity contribution in [1.29, 1.82) is 0 Å². The highest BCUT2D eigenvalue weighted by molar-refractivity contribution is 6.30. The van der Waals surface area contributed by atoms with E-state index in [9.17, 15) is 4.79 Å². The number of primary amides is 1. The Kier molecular flexibility index (Phi) is 7.62. The Labute approximate surface area is 262 Å². The number of amides is 1. The van der Waals surface area contributed by atoms with Gasteiger partial charge in [-0.15, -0.1) is 0 Å². The topological polar surface area (TPSA) is 64.2 Å². The second-order valence-corrected chi connectivity index (χ2v) is 12.8. The Hall–Kier alpha value is -3.80. The number of carbonyl (C=O) groups excluding carboxylic acids is 1. The minimum atomic E-state index is -0.302. The lowest BCUT2D eigenvalue weighted by atomic mass is 9.85. The normalized spacial score (nSPS) is 15.8. The van der Waals surface area contributed by atoms with Crippen molar-refractivity contribution < 1.29 is 4.79 Å². The van der Waals surface area contributed by atoms with Gasteiger partial charge in [-0.1, -0.05) is 65.7 Å². The predicted octanol–water partition coefficient (Wildman–Crippen LogP) is 8.27. The third kappa shape index (κ3) is 5.89. The van der Waals surface area contributed by atoms with Gasteiger partial charge in [0.25, 0.3) is 0 Å². The Morgan fingerprint density at radius 3 is 2.05 bits per heavy atom. The smallest absolute Gasteiger partial charge is 0.221 e. The van der Waals surface area contributed by atoms with Crippen molar-refractivity contribution in [3.8, 4) is 0 Å². The summed E-state index contributed by atoms with van der Waals surface area (Å²) in [7, 11) is 0. The molecule has 2 heterocycles. The first kappa shape index (κ1) is 28.0. The van der Waals surface area contributed by atoms with Gasteiger partial charge in [0, 0.05) is 46.7 Å². The molecule has 0 radical (unpaired) electrons. The maximum absolute atomic E-state index is 11.5. The fourth-order valence-corrected chi connectivity index (χ4v) is 6.91. The SMILES string of the molecule is NC(=O)Cc1cccc(N2CCC(n3c(C4CC4)nc4ccc(C(c5ccc(Cl)cc5)c5ccc(Cl)cc5)cc43)CC2)c1. The lowest BCUT2D eigenvalue weighted by Crippen LogP contribution is -2.35. The summed E-state index contributed by atoms with van der Waals surface area (Å²) in [5, 5.41) is 1.46. The molecule has 7 heteroatoms. The van der Waals surface area contributed by atoms with Crippen LogP contribution < -0.4 is 10.6 Å². The van der Waals surface area contributed by atoms with E-state index in [4.69, 9.17) is 33.9 Å². The van der Waals surface area contributed by atoms with Crippen LogP contribution in [0.5, 0.6) is 0 Å². The van der Waals surface area contributed by atoms with Crippen molar-refractivity contribution in [1.82, 2.24) is 9.55 Å². The molecule has 1 aliphatic carbocycles. The van der Waals surface area contributed by atoms with Crippen LogP contribution in [0.25, 0.3) is 11.0 Å². The summed E-state index contributed by atoms with van der Waals surface area (Å²) in [6.07, 6.45) is 4.76. The van der Waals surface area contributed by atoms with E-state index in [0.717, 1.165) is 52.7 Å². The van der Waals surface area contributed by atoms with Gasteiger partial charge >= 0.3 is 0 Å². The van der Waals surface area contributed by atoms with Gasteiger partial charge in [-0.25, -0.2) is 4.98 Å². The van der Waals surface area contributed by atoms with Crippen LogP contribution in [0.2, 0.25) is 10.0 Å². The molecule has 1 saturated heterocycles. The van der Waals surface area contributed by atoms with Gasteiger partial charge in [-0.2, -0.15) is 0 Å². The lowest BCUT2D eigenvalue weighted by molar-refractivity contribution is -0.117. The fourth-order valence-electron chi connectivity index (χ4n) is 6.66. The van der Waals surface area contributed by atoms with E-state index in [0.29, 0.717) is 12.0 Å². The molecule has 0 spiro atoms. The quantitative estimate of drug-likeness (QED) is 0.180. The van der Waals surface area contributed by atoms with Crippen LogP contribution in [0.1, 0.15) is 71.6 Å². The van der Waals surface area contributed by atoms with Crippen molar-refractivity contribution in [2.75, 3.05) is 18.0 Å². The maximum atomic E-state index is 11.5. The molecule has 218 valence electrons. The van der Waals surface area contributed by atoms with Crippen LogP contribution in [0.4, 0.5) is 5.69 Å². The molecule has 43 heavy (non-hydrogen) atoms. The van der Waals surface area contributed by atoms with Gasteiger partial charge in [0.1, 0.15) is 5.82 Å². The molecule has 5 aromatic rings. The van der Waals surface area contributed by atoms with Crippen LogP contribution in [0.15, 0.2) is 91.0 Å². The van der Waals surface area contributed by atoms with E-state index in [1.165, 1.54) is 40.9 Å². The highest BCUT2D eigenvalue weighted by Crippen LogP contribution is 2.44. The number of hydrogen-bond donors (Lipinski definition) is 1. The van der Waals surface area contributed by atoms with E-state index < -0.39 is 0 Å². The minimum Gasteiger partial charge on any atom is -0.371 e. The first-order valence-corrected chi connectivity index (χ1v) is 15.8. The number of carbonyl (C=O) groups is 1. The molecule has 1 saturated carbocycles. The third-order valence-corrected chi connectivity index (χ3v) is 9.41. The molecule has 0 atom stereocenters. The van der Waals surface area contributed by atoms with Gasteiger partial charge in [-0.05, 0) is 96.5 Å². The van der Waals surface area contributed by atoms with Crippen molar-refractivity contribution >= 4 is 45.8 Å². The van der Waals surface area contributed by atoms with E-state index in [1.807, 2.05) is 36.4 Å². The summed E-state index contributed by atoms with van der Waals surface area (Å²) in [5.74, 6) is 1.52. The first-order chi connectivity index (χ1) is 20.9. The highest BCUT2D eigenvalue weighted by Gasteiger charge is 2.33. The lowest BCUT2D eigenvalue weighted by Gasteiger charge is -2.35. The summed E-state index contributed by atoms with van der Waals surface area (Å²) in [5.41, 5.74) is 13.5. The Balaban J connectivity index is 1.23. The molecule has 2 aliphatic rings. The van der Waals surface area contributed by atoms with Crippen molar-refractivity contribution in [3.63, 3.8) is 0 Å². The molecule has 7 rings (SSSR count). The number of piperidine rings is 1. The molecule has 0 unspecified atom stereocenters. The molecular weight excluding hydrogens is 575 g/mol. The standard InChI is InChI=1S/C36H34Cl2N4O/c37-28-11-6-24(7-12-28)35(25-8-13-29(38)14-9-25)27-10-15-32-33(22-27)42(36(40-32)26-4-5-26)30-16-18-41(19-17-30)31-3-1-2-23(20-31)21-34(39)43/h1-3,6-15,20,22,26,30,35H,4-5,16-19,21H2,(H2,39,43). The monoisotopic (exact) mass is 608 g/mol. The maximum Gasteiger partial charge on any atom is 0.221 e. The van der Waals surface area contributed by atoms with Crippen LogP contribution in [0.3, 0.4) is 0 Å². The summed E-state index contributed by atoms with van der Waals surface area (Å²) in [6.45, 7) is 1.90. The summed E-state index contributed by atoms with van der Waals surface area (Å²) >= 11 is 12.6. The number of benzene rings is 4. The van der Waals surface area contributed by atoms with Gasteiger partial charge in [-0.3, -0.25) is 4.79 Å². The van der Waals surface area contributed by atoms with Gasteiger partial charge in [0.2, 0.25) is 5.91 Å². The van der Waals surface area contributed by atoms with E-state index in [1.54, 1.807) is 0 Å². The fraction of sp³-hybridized carbons (Fsp3) is 0.278. The molecular formula is C36H34Cl2N4O. The number of nitrogens with two attached hydrogens (primary N) is 1. The zero-order valence-corrected chi connectivity index (χ0v) is 25.4. The zero-order valence-electron chi connectivity index (χ0n) is 23.9. The number of nitrogens with zero attached hydrogens (tertiary/aromatic N) is 3. The van der Waals surface area contributed by atoms with Gasteiger partial charge < -0.3 is 15.2 Å². The van der Waals surface area contributed by atoms with Crippen LogP contribution in [-0.4, -0.2) is 28.5 Å². The number of halogens is 2. The average Bonchev–Trinajstić information content (AvgIpc) is 3.79. The summed E-state index contributed by atoms with van der Waals surface area (Å²) in [6, 6.07) is 31.7. The van der Waals surface area contributed by atoms with Crippen molar-refractivity contribution in [2.24, 2.45) is 5.73 Å². The van der Waals surface area contributed by atoms with E-state index in [-0.39, 0.29) is 18.2 Å². The van der Waals surface area contributed by atoms with Crippen LogP contribution >= 0.6 is 23.2 Å². The number of aromatic nitrogens is 2. The third-order valence-electron chi connectivity index (χ3n) is 8.91. The summed E-state index contributed by atoms with van der Waals surface area (Å²) in [4.78, 5) is 19.1. The molecule has 0 bridgehead atoms. The molecule has 2 N–H and O–H groups in total. The van der Waals surface area contributed by atoms with E-state index >= 15 is 0 Å². The molecule has 1 amide bonds. The zero-order chi connectivity index (χ0) is 29.5. The van der Waals surface area contributed by atoms with Crippen LogP contribution in [0, 0.1) is 0 Å². The second-order valence-electron chi connectivity index (χ2n) is 11.9. The number of fused-ring (bicyclic) bond motifs is 1. The second kappa shape index (κ2) is 11.7. The molecule has 4 aromatic carbocycles.